The predicted molar refractivity (Wildman–Crippen MR) is 109 cm³/mol. The van der Waals surface area contributed by atoms with E-state index in [1.54, 1.807) is 24.3 Å². The molecule has 27 heavy (non-hydrogen) atoms. The molecular weight excluding hydrogens is 332 g/mol. The Kier molecular flexibility index (Phi) is 3.68. The third-order valence-corrected chi connectivity index (χ3v) is 6.75. The number of rotatable bonds is 2. The van der Waals surface area contributed by atoms with Crippen molar-refractivity contribution in [2.75, 3.05) is 0 Å². The number of benzene rings is 3. The fraction of sp³-hybridized carbons (Fsp3) is 0.280. The number of hydrogen-bond acceptors (Lipinski definition) is 2. The summed E-state index contributed by atoms with van der Waals surface area (Å²) < 4.78 is 0. The van der Waals surface area contributed by atoms with Crippen molar-refractivity contribution in [3.63, 3.8) is 0 Å². The van der Waals surface area contributed by atoms with Crippen LogP contribution in [0.25, 0.3) is 0 Å². The van der Waals surface area contributed by atoms with Gasteiger partial charge in [-0.25, -0.2) is 0 Å². The zero-order valence-corrected chi connectivity index (χ0v) is 16.3. The van der Waals surface area contributed by atoms with E-state index in [4.69, 9.17) is 0 Å². The summed E-state index contributed by atoms with van der Waals surface area (Å²) in [5.74, 6) is 0.538. The monoisotopic (exact) mass is 358 g/mol. The Hall–Kier alpha value is -2.74. The molecule has 0 amide bonds. The topological polar surface area (TPSA) is 40.5 Å². The molecule has 2 N–H and O–H groups in total. The van der Waals surface area contributed by atoms with Crippen LogP contribution in [0.4, 0.5) is 0 Å². The molecule has 0 radical (unpaired) electrons. The second-order valence-electron chi connectivity index (χ2n) is 8.64. The van der Waals surface area contributed by atoms with Gasteiger partial charge in [0.25, 0.3) is 0 Å². The van der Waals surface area contributed by atoms with Gasteiger partial charge in [0.1, 0.15) is 11.5 Å². The van der Waals surface area contributed by atoms with Crippen molar-refractivity contribution in [2.45, 2.75) is 43.9 Å². The SMILES string of the molecule is CC1(C)c2ccccc2C(C)(C)C1(c1ccc(O)cc1)c1ccc(O)cc1. The fourth-order valence-electron chi connectivity index (χ4n) is 5.79. The molecule has 0 atom stereocenters. The minimum absolute atomic E-state index is 0.193. The third-order valence-electron chi connectivity index (χ3n) is 6.75. The molecule has 0 fully saturated rings. The van der Waals surface area contributed by atoms with Gasteiger partial charge in [0, 0.05) is 16.2 Å². The van der Waals surface area contributed by atoms with Crippen molar-refractivity contribution in [1.82, 2.24) is 0 Å². The largest absolute Gasteiger partial charge is 0.508 e. The van der Waals surface area contributed by atoms with Crippen LogP contribution in [0.15, 0.2) is 72.8 Å². The van der Waals surface area contributed by atoms with Gasteiger partial charge in [0.15, 0.2) is 0 Å². The molecule has 0 saturated carbocycles. The Morgan fingerprint density at radius 3 is 1.19 bits per heavy atom. The minimum atomic E-state index is -0.356. The molecule has 0 spiro atoms. The lowest BCUT2D eigenvalue weighted by Crippen LogP contribution is -2.52. The average Bonchev–Trinajstić information content (AvgIpc) is 2.78. The van der Waals surface area contributed by atoms with E-state index in [1.807, 2.05) is 24.3 Å². The second kappa shape index (κ2) is 5.63. The van der Waals surface area contributed by atoms with Gasteiger partial charge >= 0.3 is 0 Å². The maximum Gasteiger partial charge on any atom is 0.115 e. The molecule has 0 saturated heterocycles. The first kappa shape index (κ1) is 17.7. The highest BCUT2D eigenvalue weighted by Gasteiger charge is 2.63. The second-order valence-corrected chi connectivity index (χ2v) is 8.64. The summed E-state index contributed by atoms with van der Waals surface area (Å²) in [4.78, 5) is 0. The van der Waals surface area contributed by atoms with Crippen LogP contribution in [0.1, 0.15) is 49.9 Å². The maximum absolute atomic E-state index is 9.89. The van der Waals surface area contributed by atoms with E-state index in [0.717, 1.165) is 11.1 Å². The first-order valence-corrected chi connectivity index (χ1v) is 9.42. The van der Waals surface area contributed by atoms with Crippen molar-refractivity contribution in [3.05, 3.63) is 95.1 Å². The first-order chi connectivity index (χ1) is 12.7. The molecule has 2 heteroatoms. The summed E-state index contributed by atoms with van der Waals surface area (Å²) in [5, 5.41) is 19.8. The minimum Gasteiger partial charge on any atom is -0.508 e. The smallest absolute Gasteiger partial charge is 0.115 e. The molecular formula is C25H26O2. The van der Waals surface area contributed by atoms with Crippen LogP contribution in [0.5, 0.6) is 11.5 Å². The molecule has 4 rings (SSSR count). The standard InChI is InChI=1S/C25H26O2/c1-23(2)21-7-5-6-8-22(21)24(3,4)25(23,17-9-13-19(26)14-10-17)18-11-15-20(27)16-12-18/h5-16,26-27H,1-4H3. The number of fused-ring (bicyclic) bond motifs is 1. The lowest BCUT2D eigenvalue weighted by Gasteiger charge is -2.51. The van der Waals surface area contributed by atoms with Crippen LogP contribution < -0.4 is 0 Å². The molecule has 0 heterocycles. The van der Waals surface area contributed by atoms with Crippen molar-refractivity contribution in [2.24, 2.45) is 0 Å². The molecule has 0 unspecified atom stereocenters. The van der Waals surface area contributed by atoms with E-state index in [9.17, 15) is 10.2 Å². The van der Waals surface area contributed by atoms with Gasteiger partial charge in [-0.2, -0.15) is 0 Å². The van der Waals surface area contributed by atoms with Crippen LogP contribution >= 0.6 is 0 Å². The number of phenols is 2. The van der Waals surface area contributed by atoms with E-state index in [2.05, 4.69) is 52.0 Å². The van der Waals surface area contributed by atoms with Crippen LogP contribution in [-0.4, -0.2) is 10.2 Å². The Labute approximate surface area is 161 Å². The van der Waals surface area contributed by atoms with Crippen LogP contribution in [0, 0.1) is 0 Å². The first-order valence-electron chi connectivity index (χ1n) is 9.42. The van der Waals surface area contributed by atoms with Crippen molar-refractivity contribution < 1.29 is 10.2 Å². The Balaban J connectivity index is 2.14. The lowest BCUT2D eigenvalue weighted by atomic mass is 9.51. The van der Waals surface area contributed by atoms with Gasteiger partial charge in [0.2, 0.25) is 0 Å². The molecule has 1 aliphatic carbocycles. The molecule has 0 aliphatic heterocycles. The zero-order chi connectivity index (χ0) is 19.4. The molecule has 2 nitrogen and oxygen atoms in total. The third kappa shape index (κ3) is 2.13. The van der Waals surface area contributed by atoms with Gasteiger partial charge in [0.05, 0.1) is 0 Å². The van der Waals surface area contributed by atoms with E-state index in [0.29, 0.717) is 0 Å². The van der Waals surface area contributed by atoms with Gasteiger partial charge in [-0.05, 0) is 46.5 Å². The summed E-state index contributed by atoms with van der Waals surface area (Å²) in [6.07, 6.45) is 0. The van der Waals surface area contributed by atoms with Crippen LogP contribution in [0.3, 0.4) is 0 Å². The molecule has 3 aromatic rings. The average molecular weight is 358 g/mol. The van der Waals surface area contributed by atoms with E-state index >= 15 is 0 Å². The highest BCUT2D eigenvalue weighted by atomic mass is 16.3. The van der Waals surface area contributed by atoms with Gasteiger partial charge in [-0.1, -0.05) is 76.2 Å². The Bertz CT molecular complexity index is 897. The van der Waals surface area contributed by atoms with Crippen molar-refractivity contribution in [3.8, 4) is 11.5 Å². The Morgan fingerprint density at radius 1 is 0.519 bits per heavy atom. The summed E-state index contributed by atoms with van der Waals surface area (Å²) in [6.45, 7) is 9.22. The van der Waals surface area contributed by atoms with E-state index in [-0.39, 0.29) is 27.7 Å². The summed E-state index contributed by atoms with van der Waals surface area (Å²) in [6, 6.07) is 23.9. The number of hydrogen-bond donors (Lipinski definition) is 2. The van der Waals surface area contributed by atoms with Crippen LogP contribution in [-0.2, 0) is 16.2 Å². The number of phenolic OH excluding ortho intramolecular Hbond substituents is 2. The molecule has 0 bridgehead atoms. The highest BCUT2D eigenvalue weighted by Crippen LogP contribution is 2.65. The summed E-state index contributed by atoms with van der Waals surface area (Å²) in [5.41, 5.74) is 4.27. The Morgan fingerprint density at radius 2 is 0.852 bits per heavy atom. The van der Waals surface area contributed by atoms with Crippen molar-refractivity contribution >= 4 is 0 Å². The highest BCUT2D eigenvalue weighted by molar-refractivity contribution is 5.62. The van der Waals surface area contributed by atoms with E-state index in [1.165, 1.54) is 11.1 Å². The summed E-state index contributed by atoms with van der Waals surface area (Å²) in [7, 11) is 0. The van der Waals surface area contributed by atoms with Crippen LogP contribution in [0.2, 0.25) is 0 Å². The maximum atomic E-state index is 9.89. The molecule has 138 valence electrons. The molecule has 1 aliphatic rings. The van der Waals surface area contributed by atoms with Gasteiger partial charge < -0.3 is 10.2 Å². The lowest BCUT2D eigenvalue weighted by molar-refractivity contribution is 0.225. The number of aromatic hydroxyl groups is 2. The van der Waals surface area contributed by atoms with Gasteiger partial charge in [-0.15, -0.1) is 0 Å². The predicted octanol–water partition coefficient (Wildman–Crippen LogP) is 5.65. The van der Waals surface area contributed by atoms with Crippen molar-refractivity contribution in [1.29, 1.82) is 0 Å². The normalized spacial score (nSPS) is 18.8. The molecule has 0 aromatic heterocycles. The van der Waals surface area contributed by atoms with Gasteiger partial charge in [-0.3, -0.25) is 0 Å². The quantitative estimate of drug-likeness (QED) is 0.621. The molecule has 3 aromatic carbocycles. The fourth-order valence-corrected chi connectivity index (χ4v) is 5.79. The summed E-state index contributed by atoms with van der Waals surface area (Å²) >= 11 is 0. The van der Waals surface area contributed by atoms with E-state index < -0.39 is 0 Å². The zero-order valence-electron chi connectivity index (χ0n) is 16.3.